The smallest absolute Gasteiger partial charge is 0.161 e. The molecule has 0 aliphatic rings. The van der Waals surface area contributed by atoms with E-state index in [0.29, 0.717) is 31.2 Å². The van der Waals surface area contributed by atoms with Crippen molar-refractivity contribution in [2.75, 3.05) is 33.4 Å². The van der Waals surface area contributed by atoms with Crippen molar-refractivity contribution in [1.29, 1.82) is 0 Å². The van der Waals surface area contributed by atoms with Gasteiger partial charge in [-0.3, -0.25) is 4.90 Å². The van der Waals surface area contributed by atoms with Crippen LogP contribution in [0.15, 0.2) is 67.3 Å². The third kappa shape index (κ3) is 7.58. The molecule has 5 heteroatoms. The first kappa shape index (κ1) is 23.5. The van der Waals surface area contributed by atoms with Crippen molar-refractivity contribution in [3.63, 3.8) is 0 Å². The molecule has 0 aliphatic carbocycles. The Morgan fingerprint density at radius 2 is 1.63 bits per heavy atom. The van der Waals surface area contributed by atoms with Gasteiger partial charge >= 0.3 is 0 Å². The second-order valence-electron chi connectivity index (χ2n) is 7.20. The van der Waals surface area contributed by atoms with E-state index in [1.165, 1.54) is 0 Å². The van der Waals surface area contributed by atoms with Gasteiger partial charge in [-0.05, 0) is 32.0 Å². The third-order valence-electron chi connectivity index (χ3n) is 4.59. The summed E-state index contributed by atoms with van der Waals surface area (Å²) < 4.78 is 16.8. The maximum absolute atomic E-state index is 10.5. The Hall–Kier alpha value is -2.76. The van der Waals surface area contributed by atoms with Gasteiger partial charge in [-0.2, -0.15) is 0 Å². The van der Waals surface area contributed by atoms with Crippen molar-refractivity contribution in [3.05, 3.63) is 72.8 Å². The van der Waals surface area contributed by atoms with Gasteiger partial charge in [0.15, 0.2) is 11.5 Å². The number of ether oxygens (including phenoxy) is 3. The first-order valence-corrected chi connectivity index (χ1v) is 10.2. The van der Waals surface area contributed by atoms with Gasteiger partial charge in [0.25, 0.3) is 0 Å². The summed E-state index contributed by atoms with van der Waals surface area (Å²) in [6, 6.07) is 15.6. The molecule has 1 atom stereocenters. The van der Waals surface area contributed by atoms with Gasteiger partial charge in [0.05, 0.1) is 7.11 Å². The van der Waals surface area contributed by atoms with Crippen LogP contribution >= 0.6 is 0 Å². The summed E-state index contributed by atoms with van der Waals surface area (Å²) in [5, 5.41) is 10.5. The number of nitrogens with zero attached hydrogens (tertiary/aromatic N) is 1. The van der Waals surface area contributed by atoms with Gasteiger partial charge in [-0.15, -0.1) is 0 Å². The molecule has 0 saturated carbocycles. The van der Waals surface area contributed by atoms with Gasteiger partial charge in [-0.1, -0.05) is 55.1 Å². The lowest BCUT2D eigenvalue weighted by Gasteiger charge is -2.27. The van der Waals surface area contributed by atoms with Crippen LogP contribution in [0, 0.1) is 0 Å². The summed E-state index contributed by atoms with van der Waals surface area (Å²) in [6.07, 6.45) is 5.19. The molecule has 0 bridgehead atoms. The minimum atomic E-state index is -0.625. The normalized spacial score (nSPS) is 12.3. The number of hydrogen-bond acceptors (Lipinski definition) is 5. The van der Waals surface area contributed by atoms with E-state index in [0.717, 1.165) is 11.3 Å². The fourth-order valence-electron chi connectivity index (χ4n) is 2.96. The van der Waals surface area contributed by atoms with Crippen LogP contribution in [-0.2, 0) is 0 Å². The van der Waals surface area contributed by atoms with Crippen LogP contribution in [0.5, 0.6) is 17.2 Å². The number of benzene rings is 2. The molecule has 5 nitrogen and oxygen atoms in total. The maximum atomic E-state index is 10.5. The van der Waals surface area contributed by atoms with E-state index in [-0.39, 0.29) is 12.6 Å². The van der Waals surface area contributed by atoms with Gasteiger partial charge in [-0.25, -0.2) is 0 Å². The largest absolute Gasteiger partial charge is 0.496 e. The highest BCUT2D eigenvalue weighted by molar-refractivity contribution is 5.57. The molecular formula is C25H33NO4. The lowest BCUT2D eigenvalue weighted by atomic mass is 10.2. The average molecular weight is 412 g/mol. The van der Waals surface area contributed by atoms with E-state index < -0.39 is 6.10 Å². The van der Waals surface area contributed by atoms with Crippen molar-refractivity contribution < 1.29 is 19.3 Å². The Balaban J connectivity index is 1.90. The minimum absolute atomic E-state index is 0.188. The standard InChI is InChI=1S/C25H33NO4/c1-5-17-29-24-14-8-9-15-25(24)30-19-22(27)18-26(20(2)3)16-10-12-21-11-6-7-13-23(21)28-4/h5-15,20,22,27H,1,16-19H2,2-4H3/b12-10+. The molecule has 0 aromatic heterocycles. The first-order chi connectivity index (χ1) is 14.5. The summed E-state index contributed by atoms with van der Waals surface area (Å²) >= 11 is 0. The van der Waals surface area contributed by atoms with E-state index >= 15 is 0 Å². The Labute approximate surface area is 180 Å². The number of aliphatic hydroxyl groups is 1. The van der Waals surface area contributed by atoms with Crippen molar-refractivity contribution in [2.24, 2.45) is 0 Å². The lowest BCUT2D eigenvalue weighted by molar-refractivity contribution is 0.0612. The molecule has 1 N–H and O–H groups in total. The molecule has 0 radical (unpaired) electrons. The lowest BCUT2D eigenvalue weighted by Crippen LogP contribution is -2.39. The van der Waals surface area contributed by atoms with Crippen molar-refractivity contribution >= 4 is 6.08 Å². The molecule has 30 heavy (non-hydrogen) atoms. The predicted octanol–water partition coefficient (Wildman–Crippen LogP) is 4.42. The fraction of sp³-hybridized carbons (Fsp3) is 0.360. The summed E-state index contributed by atoms with van der Waals surface area (Å²) in [5.74, 6) is 2.10. The van der Waals surface area contributed by atoms with Crippen LogP contribution in [-0.4, -0.2) is 55.6 Å². The van der Waals surface area contributed by atoms with E-state index in [1.54, 1.807) is 13.2 Å². The van der Waals surface area contributed by atoms with Crippen LogP contribution in [0.25, 0.3) is 6.08 Å². The van der Waals surface area contributed by atoms with E-state index in [1.807, 2.05) is 54.6 Å². The second-order valence-corrected chi connectivity index (χ2v) is 7.20. The molecule has 0 amide bonds. The molecular weight excluding hydrogens is 378 g/mol. The second kappa shape index (κ2) is 12.7. The van der Waals surface area contributed by atoms with Crippen molar-refractivity contribution in [1.82, 2.24) is 4.90 Å². The Bertz CT molecular complexity index is 803. The quantitative estimate of drug-likeness (QED) is 0.495. The van der Waals surface area contributed by atoms with Crippen LogP contribution in [0.1, 0.15) is 19.4 Å². The van der Waals surface area contributed by atoms with Crippen LogP contribution in [0.2, 0.25) is 0 Å². The molecule has 0 fully saturated rings. The van der Waals surface area contributed by atoms with Gasteiger partial charge < -0.3 is 19.3 Å². The van der Waals surface area contributed by atoms with E-state index in [9.17, 15) is 5.11 Å². The molecule has 2 rings (SSSR count). The third-order valence-corrected chi connectivity index (χ3v) is 4.59. The number of aliphatic hydroxyl groups excluding tert-OH is 1. The maximum Gasteiger partial charge on any atom is 0.161 e. The summed E-state index contributed by atoms with van der Waals surface area (Å²) in [5.41, 5.74) is 1.03. The highest BCUT2D eigenvalue weighted by Crippen LogP contribution is 2.26. The Kier molecular flexibility index (Phi) is 9.98. The van der Waals surface area contributed by atoms with E-state index in [2.05, 4.69) is 31.4 Å². The van der Waals surface area contributed by atoms with Crippen molar-refractivity contribution in [2.45, 2.75) is 26.0 Å². The van der Waals surface area contributed by atoms with Crippen LogP contribution in [0.3, 0.4) is 0 Å². The monoisotopic (exact) mass is 411 g/mol. The Morgan fingerprint density at radius 1 is 1.00 bits per heavy atom. The molecule has 0 spiro atoms. The molecule has 1 unspecified atom stereocenters. The van der Waals surface area contributed by atoms with E-state index in [4.69, 9.17) is 14.2 Å². The zero-order chi connectivity index (χ0) is 21.8. The molecule has 0 aliphatic heterocycles. The molecule has 162 valence electrons. The SMILES string of the molecule is C=CCOc1ccccc1OCC(O)CN(C/C=C/c1ccccc1OC)C(C)C. The Morgan fingerprint density at radius 3 is 2.27 bits per heavy atom. The topological polar surface area (TPSA) is 51.2 Å². The minimum Gasteiger partial charge on any atom is -0.496 e. The number of hydrogen-bond donors (Lipinski definition) is 1. The summed E-state index contributed by atoms with van der Waals surface area (Å²) in [6.45, 7) is 9.70. The first-order valence-electron chi connectivity index (χ1n) is 10.2. The number of para-hydroxylation sites is 3. The van der Waals surface area contributed by atoms with Gasteiger partial charge in [0, 0.05) is 24.7 Å². The zero-order valence-electron chi connectivity index (χ0n) is 18.2. The highest BCUT2D eigenvalue weighted by Gasteiger charge is 2.15. The highest BCUT2D eigenvalue weighted by atomic mass is 16.5. The average Bonchev–Trinajstić information content (AvgIpc) is 2.76. The molecule has 2 aromatic rings. The van der Waals surface area contributed by atoms with Crippen molar-refractivity contribution in [3.8, 4) is 17.2 Å². The van der Waals surface area contributed by atoms with Crippen LogP contribution in [0.4, 0.5) is 0 Å². The summed E-state index contributed by atoms with van der Waals surface area (Å²) in [7, 11) is 1.67. The number of rotatable bonds is 13. The van der Waals surface area contributed by atoms with Gasteiger partial charge in [0.1, 0.15) is 25.1 Å². The zero-order valence-corrected chi connectivity index (χ0v) is 18.2. The fourth-order valence-corrected chi connectivity index (χ4v) is 2.96. The van der Waals surface area contributed by atoms with Gasteiger partial charge in [0.2, 0.25) is 0 Å². The van der Waals surface area contributed by atoms with Crippen LogP contribution < -0.4 is 14.2 Å². The molecule has 0 heterocycles. The molecule has 2 aromatic carbocycles. The predicted molar refractivity (Wildman–Crippen MR) is 122 cm³/mol. The summed E-state index contributed by atoms with van der Waals surface area (Å²) in [4.78, 5) is 2.19. The number of methoxy groups -OCH3 is 1. The molecule has 0 saturated heterocycles.